The molecule has 3 rings (SSSR count). The number of nitrogens with zero attached hydrogens (tertiary/aromatic N) is 2. The standard InChI is InChI=1S/C22H25FN2O2/c1-16-15-19-8-4-6-10-21(19)25(16)22(27)12-14-24(17(2)26)13-11-18-7-3-5-9-20(18)23/h3-10,16H,11-15H2,1-2H3. The third kappa shape index (κ3) is 4.35. The van der Waals surface area contributed by atoms with Crippen molar-refractivity contribution in [3.63, 3.8) is 0 Å². The normalized spacial score (nSPS) is 15.5. The summed E-state index contributed by atoms with van der Waals surface area (Å²) in [5, 5.41) is 0. The Hall–Kier alpha value is -2.69. The van der Waals surface area contributed by atoms with Gasteiger partial charge in [0.05, 0.1) is 0 Å². The summed E-state index contributed by atoms with van der Waals surface area (Å²) >= 11 is 0. The summed E-state index contributed by atoms with van der Waals surface area (Å²) in [7, 11) is 0. The van der Waals surface area contributed by atoms with Crippen molar-refractivity contribution in [1.82, 2.24) is 4.90 Å². The highest BCUT2D eigenvalue weighted by Crippen LogP contribution is 2.32. The first-order valence-corrected chi connectivity index (χ1v) is 9.36. The van der Waals surface area contributed by atoms with E-state index < -0.39 is 0 Å². The lowest BCUT2D eigenvalue weighted by Crippen LogP contribution is -2.39. The minimum atomic E-state index is -0.264. The molecule has 1 aliphatic rings. The molecule has 0 saturated carbocycles. The molecular formula is C22H25FN2O2. The van der Waals surface area contributed by atoms with Gasteiger partial charge in [0.15, 0.2) is 0 Å². The summed E-state index contributed by atoms with van der Waals surface area (Å²) in [6.45, 7) is 4.27. The smallest absolute Gasteiger partial charge is 0.229 e. The maximum atomic E-state index is 13.8. The molecule has 1 atom stereocenters. The average molecular weight is 368 g/mol. The Bertz CT molecular complexity index is 837. The van der Waals surface area contributed by atoms with Gasteiger partial charge in [-0.05, 0) is 43.0 Å². The van der Waals surface area contributed by atoms with Crippen LogP contribution in [0, 0.1) is 5.82 Å². The molecule has 5 heteroatoms. The molecule has 2 amide bonds. The van der Waals surface area contributed by atoms with Gasteiger partial charge in [-0.2, -0.15) is 0 Å². The van der Waals surface area contributed by atoms with Crippen molar-refractivity contribution in [3.05, 3.63) is 65.5 Å². The van der Waals surface area contributed by atoms with E-state index >= 15 is 0 Å². The monoisotopic (exact) mass is 368 g/mol. The largest absolute Gasteiger partial charge is 0.342 e. The number of carbonyl (C=O) groups is 2. The maximum Gasteiger partial charge on any atom is 0.229 e. The van der Waals surface area contributed by atoms with Crippen LogP contribution in [0.4, 0.5) is 10.1 Å². The number of hydrogen-bond acceptors (Lipinski definition) is 2. The zero-order chi connectivity index (χ0) is 19.4. The van der Waals surface area contributed by atoms with Crippen molar-refractivity contribution in [2.24, 2.45) is 0 Å². The van der Waals surface area contributed by atoms with E-state index in [-0.39, 0.29) is 30.1 Å². The van der Waals surface area contributed by atoms with Crippen LogP contribution in [0.2, 0.25) is 0 Å². The molecule has 0 spiro atoms. The summed E-state index contributed by atoms with van der Waals surface area (Å²) in [5.41, 5.74) is 2.73. The van der Waals surface area contributed by atoms with E-state index in [4.69, 9.17) is 0 Å². The number of rotatable bonds is 6. The zero-order valence-corrected chi connectivity index (χ0v) is 15.8. The van der Waals surface area contributed by atoms with Crippen LogP contribution in [0.15, 0.2) is 48.5 Å². The third-order valence-electron chi connectivity index (χ3n) is 5.13. The van der Waals surface area contributed by atoms with Gasteiger partial charge >= 0.3 is 0 Å². The number of para-hydroxylation sites is 1. The highest BCUT2D eigenvalue weighted by molar-refractivity contribution is 5.96. The van der Waals surface area contributed by atoms with E-state index in [1.165, 1.54) is 18.6 Å². The van der Waals surface area contributed by atoms with E-state index in [1.54, 1.807) is 23.1 Å². The fraction of sp³-hybridized carbons (Fsp3) is 0.364. The van der Waals surface area contributed by atoms with Crippen LogP contribution >= 0.6 is 0 Å². The molecule has 1 unspecified atom stereocenters. The van der Waals surface area contributed by atoms with Crippen LogP contribution in [0.25, 0.3) is 0 Å². The minimum Gasteiger partial charge on any atom is -0.342 e. The first-order chi connectivity index (χ1) is 13.0. The van der Waals surface area contributed by atoms with Gasteiger partial charge in [0.2, 0.25) is 11.8 Å². The number of amides is 2. The van der Waals surface area contributed by atoms with Crippen molar-refractivity contribution in [1.29, 1.82) is 0 Å². The molecule has 0 aromatic heterocycles. The Morgan fingerprint density at radius 3 is 2.56 bits per heavy atom. The predicted octanol–water partition coefficient (Wildman–Crippen LogP) is 3.58. The number of carbonyl (C=O) groups excluding carboxylic acids is 2. The second-order valence-electron chi connectivity index (χ2n) is 7.04. The average Bonchev–Trinajstić information content (AvgIpc) is 2.98. The summed E-state index contributed by atoms with van der Waals surface area (Å²) in [5.74, 6) is -0.349. The van der Waals surface area contributed by atoms with E-state index in [2.05, 4.69) is 6.07 Å². The molecule has 2 aromatic carbocycles. The Morgan fingerprint density at radius 1 is 1.11 bits per heavy atom. The molecule has 27 heavy (non-hydrogen) atoms. The fourth-order valence-electron chi connectivity index (χ4n) is 3.68. The van der Waals surface area contributed by atoms with Gasteiger partial charge in [0.1, 0.15) is 5.82 Å². The quantitative estimate of drug-likeness (QED) is 0.782. The minimum absolute atomic E-state index is 0.0181. The van der Waals surface area contributed by atoms with Gasteiger partial charge < -0.3 is 9.80 Å². The Labute approximate surface area is 159 Å². The lowest BCUT2D eigenvalue weighted by atomic mass is 10.1. The molecule has 0 saturated heterocycles. The Balaban J connectivity index is 1.60. The fourth-order valence-corrected chi connectivity index (χ4v) is 3.68. The third-order valence-corrected chi connectivity index (χ3v) is 5.13. The van der Waals surface area contributed by atoms with Crippen molar-refractivity contribution < 1.29 is 14.0 Å². The van der Waals surface area contributed by atoms with E-state index in [1.807, 2.05) is 30.0 Å². The van der Waals surface area contributed by atoms with Crippen molar-refractivity contribution in [2.45, 2.75) is 39.2 Å². The number of hydrogen-bond donors (Lipinski definition) is 0. The van der Waals surface area contributed by atoms with E-state index in [0.29, 0.717) is 25.1 Å². The maximum absolute atomic E-state index is 13.8. The van der Waals surface area contributed by atoms with Crippen molar-refractivity contribution >= 4 is 17.5 Å². The second kappa shape index (κ2) is 8.33. The van der Waals surface area contributed by atoms with Crippen LogP contribution in [0.5, 0.6) is 0 Å². The van der Waals surface area contributed by atoms with Crippen molar-refractivity contribution in [2.75, 3.05) is 18.0 Å². The molecule has 0 radical (unpaired) electrons. The van der Waals surface area contributed by atoms with Crippen LogP contribution < -0.4 is 4.90 Å². The van der Waals surface area contributed by atoms with Gasteiger partial charge in [-0.15, -0.1) is 0 Å². The number of halogens is 1. The van der Waals surface area contributed by atoms with Crippen molar-refractivity contribution in [3.8, 4) is 0 Å². The van der Waals surface area contributed by atoms with Crippen LogP contribution in [-0.4, -0.2) is 35.8 Å². The van der Waals surface area contributed by atoms with Crippen LogP contribution in [0.3, 0.4) is 0 Å². The zero-order valence-electron chi connectivity index (χ0n) is 15.8. The highest BCUT2D eigenvalue weighted by Gasteiger charge is 2.30. The summed E-state index contributed by atoms with van der Waals surface area (Å²) < 4.78 is 13.8. The summed E-state index contributed by atoms with van der Waals surface area (Å²) in [4.78, 5) is 28.2. The SMILES string of the molecule is CC(=O)N(CCC(=O)N1c2ccccc2CC1C)CCc1ccccc1F. The number of fused-ring (bicyclic) bond motifs is 1. The van der Waals surface area contributed by atoms with Gasteiger partial charge in [-0.1, -0.05) is 36.4 Å². The van der Waals surface area contributed by atoms with Crippen LogP contribution in [0.1, 0.15) is 31.4 Å². The van der Waals surface area contributed by atoms with Gasteiger partial charge in [-0.3, -0.25) is 9.59 Å². The molecule has 1 aliphatic heterocycles. The molecule has 0 aliphatic carbocycles. The second-order valence-corrected chi connectivity index (χ2v) is 7.04. The van der Waals surface area contributed by atoms with Crippen LogP contribution in [-0.2, 0) is 22.4 Å². The van der Waals surface area contributed by atoms with E-state index in [0.717, 1.165) is 12.1 Å². The van der Waals surface area contributed by atoms with Gasteiger partial charge in [0, 0.05) is 38.2 Å². The van der Waals surface area contributed by atoms with Gasteiger partial charge in [-0.25, -0.2) is 4.39 Å². The molecular weight excluding hydrogens is 343 g/mol. The summed E-state index contributed by atoms with van der Waals surface area (Å²) in [6, 6.07) is 14.6. The molecule has 0 N–H and O–H groups in total. The highest BCUT2D eigenvalue weighted by atomic mass is 19.1. The lowest BCUT2D eigenvalue weighted by molar-refractivity contribution is -0.129. The summed E-state index contributed by atoms with van der Waals surface area (Å²) in [6.07, 6.45) is 1.55. The van der Waals surface area contributed by atoms with E-state index in [9.17, 15) is 14.0 Å². The van der Waals surface area contributed by atoms with Gasteiger partial charge in [0.25, 0.3) is 0 Å². The number of benzene rings is 2. The number of anilines is 1. The molecule has 0 fully saturated rings. The Morgan fingerprint density at radius 2 is 1.81 bits per heavy atom. The Kier molecular flexibility index (Phi) is 5.89. The molecule has 4 nitrogen and oxygen atoms in total. The molecule has 0 bridgehead atoms. The first kappa shape index (κ1) is 19.1. The topological polar surface area (TPSA) is 40.6 Å². The molecule has 1 heterocycles. The molecule has 142 valence electrons. The molecule has 2 aromatic rings. The first-order valence-electron chi connectivity index (χ1n) is 9.36. The lowest BCUT2D eigenvalue weighted by Gasteiger charge is -2.25. The predicted molar refractivity (Wildman–Crippen MR) is 104 cm³/mol.